The predicted octanol–water partition coefficient (Wildman–Crippen LogP) is 3.42. The van der Waals surface area contributed by atoms with Crippen molar-refractivity contribution >= 4 is 16.9 Å². The highest BCUT2D eigenvalue weighted by Crippen LogP contribution is 2.23. The van der Waals surface area contributed by atoms with Crippen LogP contribution in [-0.4, -0.2) is 16.2 Å². The second-order valence-corrected chi connectivity index (χ2v) is 4.56. The highest BCUT2D eigenvalue weighted by molar-refractivity contribution is 5.92. The zero-order valence-corrected chi connectivity index (χ0v) is 10.9. The van der Waals surface area contributed by atoms with Crippen LogP contribution in [0, 0.1) is 0 Å². The third kappa shape index (κ3) is 2.81. The van der Waals surface area contributed by atoms with Gasteiger partial charge in [0.05, 0.1) is 5.56 Å². The molecular weight excluding hydrogens is 272 g/mol. The van der Waals surface area contributed by atoms with E-state index in [0.717, 1.165) is 5.39 Å². The van der Waals surface area contributed by atoms with E-state index in [-0.39, 0.29) is 17.9 Å². The number of carbonyl (C=O) groups is 1. The fourth-order valence-electron chi connectivity index (χ4n) is 2.02. The highest BCUT2D eigenvalue weighted by atomic mass is 16.5. The maximum Gasteiger partial charge on any atom is 0.335 e. The highest BCUT2D eigenvalue weighted by Gasteiger charge is 2.09. The van der Waals surface area contributed by atoms with Gasteiger partial charge in [0.1, 0.15) is 29.4 Å². The molecule has 0 amide bonds. The summed E-state index contributed by atoms with van der Waals surface area (Å²) in [6.07, 6.45) is 0. The third-order valence-electron chi connectivity index (χ3n) is 3.02. The lowest BCUT2D eigenvalue weighted by molar-refractivity contribution is 0.0697. The van der Waals surface area contributed by atoms with E-state index in [0.29, 0.717) is 17.1 Å². The molecule has 0 saturated heterocycles. The first-order valence-corrected chi connectivity index (χ1v) is 6.29. The van der Waals surface area contributed by atoms with Crippen molar-refractivity contribution in [3.63, 3.8) is 0 Å². The van der Waals surface area contributed by atoms with Gasteiger partial charge in [-0.05, 0) is 30.3 Å². The number of fused-ring (bicyclic) bond motifs is 1. The molecule has 5 nitrogen and oxygen atoms in total. The molecule has 2 N–H and O–H groups in total. The number of hydrogen-bond acceptors (Lipinski definition) is 4. The lowest BCUT2D eigenvalue weighted by atomic mass is 10.2. The van der Waals surface area contributed by atoms with E-state index in [1.807, 2.05) is 0 Å². The summed E-state index contributed by atoms with van der Waals surface area (Å²) in [5.74, 6) is 0.242. The van der Waals surface area contributed by atoms with Crippen molar-refractivity contribution in [1.82, 2.24) is 0 Å². The van der Waals surface area contributed by atoms with Gasteiger partial charge in [0.25, 0.3) is 0 Å². The van der Waals surface area contributed by atoms with E-state index in [1.54, 1.807) is 30.3 Å². The molecule has 0 fully saturated rings. The van der Waals surface area contributed by atoms with E-state index in [2.05, 4.69) is 0 Å². The molecule has 106 valence electrons. The summed E-state index contributed by atoms with van der Waals surface area (Å²) >= 11 is 0. The summed E-state index contributed by atoms with van der Waals surface area (Å²) in [5.41, 5.74) is 0.682. The molecule has 0 radical (unpaired) electrons. The quantitative estimate of drug-likeness (QED) is 0.767. The fourth-order valence-corrected chi connectivity index (χ4v) is 2.02. The van der Waals surface area contributed by atoms with Gasteiger partial charge in [-0.2, -0.15) is 0 Å². The molecule has 0 bridgehead atoms. The summed E-state index contributed by atoms with van der Waals surface area (Å²) in [4.78, 5) is 10.9. The maximum absolute atomic E-state index is 10.9. The molecule has 3 rings (SSSR count). The number of phenols is 1. The number of carboxylic acid groups (broad SMARTS) is 1. The minimum Gasteiger partial charge on any atom is -0.508 e. The molecule has 1 heterocycles. The Labute approximate surface area is 120 Å². The van der Waals surface area contributed by atoms with Crippen molar-refractivity contribution in [3.8, 4) is 11.5 Å². The summed E-state index contributed by atoms with van der Waals surface area (Å²) < 4.78 is 11.1. The first-order chi connectivity index (χ1) is 10.1. The number of aromatic carboxylic acids is 1. The van der Waals surface area contributed by atoms with Crippen LogP contribution in [0.25, 0.3) is 11.0 Å². The Morgan fingerprint density at radius 3 is 2.76 bits per heavy atom. The molecule has 3 aromatic rings. The van der Waals surface area contributed by atoms with Gasteiger partial charge < -0.3 is 19.4 Å². The van der Waals surface area contributed by atoms with Crippen LogP contribution in [-0.2, 0) is 6.61 Å². The average Bonchev–Trinajstić information content (AvgIpc) is 2.87. The zero-order chi connectivity index (χ0) is 14.8. The molecule has 0 saturated carbocycles. The largest absolute Gasteiger partial charge is 0.508 e. The van der Waals surface area contributed by atoms with Crippen LogP contribution >= 0.6 is 0 Å². The normalized spacial score (nSPS) is 10.7. The minimum atomic E-state index is -0.995. The van der Waals surface area contributed by atoms with E-state index in [1.165, 1.54) is 18.2 Å². The Morgan fingerprint density at radius 2 is 2.00 bits per heavy atom. The van der Waals surface area contributed by atoms with E-state index in [4.69, 9.17) is 14.3 Å². The number of rotatable bonds is 4. The number of carboxylic acids is 1. The van der Waals surface area contributed by atoms with Crippen molar-refractivity contribution in [3.05, 3.63) is 59.9 Å². The van der Waals surface area contributed by atoms with Gasteiger partial charge >= 0.3 is 5.97 Å². The van der Waals surface area contributed by atoms with Crippen LogP contribution < -0.4 is 4.74 Å². The molecule has 0 atom stereocenters. The summed E-state index contributed by atoms with van der Waals surface area (Å²) in [6, 6.07) is 13.0. The monoisotopic (exact) mass is 284 g/mol. The summed E-state index contributed by atoms with van der Waals surface area (Å²) in [6.45, 7) is 0.195. The fraction of sp³-hybridized carbons (Fsp3) is 0.0625. The number of ether oxygens (including phenoxy) is 1. The molecule has 0 spiro atoms. The Balaban J connectivity index is 1.80. The zero-order valence-electron chi connectivity index (χ0n) is 10.9. The van der Waals surface area contributed by atoms with Gasteiger partial charge in [0, 0.05) is 11.5 Å². The molecule has 0 unspecified atom stereocenters. The SMILES string of the molecule is O=C(O)c1ccc2cc(COc3cccc(O)c3)oc2c1. The summed E-state index contributed by atoms with van der Waals surface area (Å²) in [7, 11) is 0. The van der Waals surface area contributed by atoms with Gasteiger partial charge in [0.15, 0.2) is 0 Å². The standard InChI is InChI=1S/C16H12O5/c17-12-2-1-3-13(8-12)20-9-14-6-10-4-5-11(16(18)19)7-15(10)21-14/h1-8,17H,9H2,(H,18,19). The van der Waals surface area contributed by atoms with Crippen molar-refractivity contribution in [2.75, 3.05) is 0 Å². The van der Waals surface area contributed by atoms with Gasteiger partial charge in [-0.15, -0.1) is 0 Å². The Hall–Kier alpha value is -2.95. The van der Waals surface area contributed by atoms with Crippen LogP contribution in [0.15, 0.2) is 52.9 Å². The third-order valence-corrected chi connectivity index (χ3v) is 3.02. The second-order valence-electron chi connectivity index (χ2n) is 4.56. The number of hydrogen-bond donors (Lipinski definition) is 2. The second kappa shape index (κ2) is 5.20. The van der Waals surface area contributed by atoms with Gasteiger partial charge in [-0.25, -0.2) is 4.79 Å². The van der Waals surface area contributed by atoms with Gasteiger partial charge in [0.2, 0.25) is 0 Å². The first-order valence-electron chi connectivity index (χ1n) is 6.29. The first kappa shape index (κ1) is 13.1. The van der Waals surface area contributed by atoms with Gasteiger partial charge in [-0.1, -0.05) is 12.1 Å². The Morgan fingerprint density at radius 1 is 1.14 bits per heavy atom. The van der Waals surface area contributed by atoms with Crippen molar-refractivity contribution in [2.24, 2.45) is 0 Å². The molecule has 21 heavy (non-hydrogen) atoms. The molecule has 0 aliphatic heterocycles. The molecule has 2 aromatic carbocycles. The van der Waals surface area contributed by atoms with E-state index >= 15 is 0 Å². The number of aromatic hydroxyl groups is 1. The molecule has 1 aromatic heterocycles. The van der Waals surface area contributed by atoms with Crippen LogP contribution in [0.3, 0.4) is 0 Å². The topological polar surface area (TPSA) is 79.9 Å². The maximum atomic E-state index is 10.9. The Bertz CT molecular complexity index is 803. The van der Waals surface area contributed by atoms with Crippen LogP contribution in [0.2, 0.25) is 0 Å². The smallest absolute Gasteiger partial charge is 0.335 e. The number of phenolic OH excluding ortho intramolecular Hbond substituents is 1. The van der Waals surface area contributed by atoms with E-state index in [9.17, 15) is 9.90 Å². The van der Waals surface area contributed by atoms with Crippen molar-refractivity contribution < 1.29 is 24.2 Å². The van der Waals surface area contributed by atoms with E-state index < -0.39 is 5.97 Å². The predicted molar refractivity (Wildman–Crippen MR) is 75.6 cm³/mol. The van der Waals surface area contributed by atoms with Gasteiger partial charge in [-0.3, -0.25) is 0 Å². The average molecular weight is 284 g/mol. The summed E-state index contributed by atoms with van der Waals surface area (Å²) in [5, 5.41) is 19.1. The molecule has 5 heteroatoms. The molecule has 0 aliphatic carbocycles. The Kier molecular flexibility index (Phi) is 3.23. The molecule has 0 aliphatic rings. The van der Waals surface area contributed by atoms with Crippen LogP contribution in [0.5, 0.6) is 11.5 Å². The molecular formula is C16H12O5. The van der Waals surface area contributed by atoms with Crippen LogP contribution in [0.4, 0.5) is 0 Å². The van der Waals surface area contributed by atoms with Crippen molar-refractivity contribution in [1.29, 1.82) is 0 Å². The van der Waals surface area contributed by atoms with Crippen LogP contribution in [0.1, 0.15) is 16.1 Å². The van der Waals surface area contributed by atoms with Crippen molar-refractivity contribution in [2.45, 2.75) is 6.61 Å². The lowest BCUT2D eigenvalue weighted by Crippen LogP contribution is -1.94. The minimum absolute atomic E-state index is 0.128. The lowest BCUT2D eigenvalue weighted by Gasteiger charge is -2.03. The number of benzene rings is 2. The number of furan rings is 1.